The van der Waals surface area contributed by atoms with Gasteiger partial charge in [-0.2, -0.15) is 5.10 Å². The number of nitrogens with zero attached hydrogens (tertiary/aromatic N) is 4. The van der Waals surface area contributed by atoms with Crippen LogP contribution in [0.4, 0.5) is 5.13 Å². The van der Waals surface area contributed by atoms with Gasteiger partial charge >= 0.3 is 0 Å². The summed E-state index contributed by atoms with van der Waals surface area (Å²) in [7, 11) is 0. The summed E-state index contributed by atoms with van der Waals surface area (Å²) in [5, 5.41) is 5.85. The van der Waals surface area contributed by atoms with E-state index in [4.69, 9.17) is 16.6 Å². The number of fused-ring (bicyclic) bond motifs is 1. The number of carbonyl (C=O) groups excluding carboxylic acids is 1. The van der Waals surface area contributed by atoms with Crippen molar-refractivity contribution in [3.63, 3.8) is 0 Å². The molecule has 5 nitrogen and oxygen atoms in total. The largest absolute Gasteiger partial charge is 0.283 e. The van der Waals surface area contributed by atoms with Crippen LogP contribution in [0.25, 0.3) is 16.3 Å². The summed E-state index contributed by atoms with van der Waals surface area (Å²) >= 11 is 7.70. The molecule has 0 aliphatic carbocycles. The third-order valence-corrected chi connectivity index (χ3v) is 6.24. The molecule has 31 heavy (non-hydrogen) atoms. The normalized spacial score (nSPS) is 11.5. The molecule has 4 rings (SSSR count). The Morgan fingerprint density at radius 3 is 2.65 bits per heavy atom. The van der Waals surface area contributed by atoms with Crippen LogP contribution < -0.4 is 4.90 Å². The van der Waals surface area contributed by atoms with Gasteiger partial charge in [-0.1, -0.05) is 53.3 Å². The standard InChI is InChI=1S/C24H23ClN4OS/c1-16-13-20(25)15-21-23(16)26-24(31-21)28(11-12-29-18(3)14-17(2)27-29)22(30)10-9-19-7-5-4-6-8-19/h4-10,13-15H,11-12H2,1-3H3/b10-9+. The number of amides is 1. The molecule has 0 atom stereocenters. The summed E-state index contributed by atoms with van der Waals surface area (Å²) in [6, 6.07) is 15.6. The number of thiazole rings is 1. The zero-order chi connectivity index (χ0) is 22.0. The van der Waals surface area contributed by atoms with E-state index in [1.54, 1.807) is 11.0 Å². The second kappa shape index (κ2) is 9.04. The molecule has 0 N–H and O–H groups in total. The summed E-state index contributed by atoms with van der Waals surface area (Å²) in [5.74, 6) is -0.117. The number of anilines is 1. The first-order chi connectivity index (χ1) is 14.9. The van der Waals surface area contributed by atoms with Gasteiger partial charge in [0.25, 0.3) is 5.91 Å². The van der Waals surface area contributed by atoms with Gasteiger partial charge in [0.05, 0.1) is 22.5 Å². The highest BCUT2D eigenvalue weighted by Gasteiger charge is 2.19. The molecule has 0 aliphatic rings. The lowest BCUT2D eigenvalue weighted by Gasteiger charge is -2.18. The van der Waals surface area contributed by atoms with E-state index >= 15 is 0 Å². The van der Waals surface area contributed by atoms with Crippen LogP contribution in [-0.4, -0.2) is 27.2 Å². The van der Waals surface area contributed by atoms with Crippen LogP contribution in [0.3, 0.4) is 0 Å². The van der Waals surface area contributed by atoms with Crippen molar-refractivity contribution in [3.8, 4) is 0 Å². The number of aryl methyl sites for hydroxylation is 3. The van der Waals surface area contributed by atoms with Crippen molar-refractivity contribution in [2.75, 3.05) is 11.4 Å². The summed E-state index contributed by atoms with van der Waals surface area (Å²) in [5.41, 5.74) is 4.87. The first-order valence-electron chi connectivity index (χ1n) is 10.0. The van der Waals surface area contributed by atoms with Crippen molar-refractivity contribution in [1.82, 2.24) is 14.8 Å². The maximum Gasteiger partial charge on any atom is 0.252 e. The predicted molar refractivity (Wildman–Crippen MR) is 129 cm³/mol. The molecule has 4 aromatic rings. The molecule has 158 valence electrons. The minimum Gasteiger partial charge on any atom is -0.283 e. The van der Waals surface area contributed by atoms with Gasteiger partial charge < -0.3 is 0 Å². The van der Waals surface area contributed by atoms with Crippen molar-refractivity contribution in [3.05, 3.63) is 82.1 Å². The molecule has 0 bridgehead atoms. The molecule has 2 aromatic carbocycles. The number of hydrogen-bond donors (Lipinski definition) is 0. The number of rotatable bonds is 6. The Morgan fingerprint density at radius 2 is 1.94 bits per heavy atom. The molecular weight excluding hydrogens is 428 g/mol. The first-order valence-corrected chi connectivity index (χ1v) is 11.2. The number of carbonyl (C=O) groups is 1. The molecule has 1 amide bonds. The van der Waals surface area contributed by atoms with Gasteiger partial charge in [0, 0.05) is 23.3 Å². The van der Waals surface area contributed by atoms with Gasteiger partial charge in [-0.05, 0) is 56.2 Å². The highest BCUT2D eigenvalue weighted by molar-refractivity contribution is 7.22. The van der Waals surface area contributed by atoms with Gasteiger partial charge in [-0.25, -0.2) is 4.98 Å². The van der Waals surface area contributed by atoms with Crippen LogP contribution in [0.15, 0.2) is 54.6 Å². The molecule has 0 saturated heterocycles. The Kier molecular flexibility index (Phi) is 6.20. The highest BCUT2D eigenvalue weighted by atomic mass is 35.5. The average molecular weight is 451 g/mol. The van der Waals surface area contributed by atoms with Gasteiger partial charge in [-0.3, -0.25) is 14.4 Å². The maximum absolute atomic E-state index is 13.2. The second-order valence-electron chi connectivity index (χ2n) is 7.45. The SMILES string of the molecule is Cc1cc(C)n(CCN(C(=O)/C=C/c2ccccc2)c2nc3c(C)cc(Cl)cc3s2)n1. The van der Waals surface area contributed by atoms with Gasteiger partial charge in [-0.15, -0.1) is 0 Å². The molecule has 7 heteroatoms. The van der Waals surface area contributed by atoms with Crippen LogP contribution in [0, 0.1) is 20.8 Å². The monoisotopic (exact) mass is 450 g/mol. The van der Waals surface area contributed by atoms with E-state index in [2.05, 4.69) is 5.10 Å². The fraction of sp³-hybridized carbons (Fsp3) is 0.208. The Balaban J connectivity index is 1.66. The fourth-order valence-electron chi connectivity index (χ4n) is 3.48. The molecular formula is C24H23ClN4OS. The minimum absolute atomic E-state index is 0.117. The third kappa shape index (κ3) is 4.86. The Morgan fingerprint density at radius 1 is 1.16 bits per heavy atom. The van der Waals surface area contributed by atoms with Gasteiger partial charge in [0.15, 0.2) is 5.13 Å². The van der Waals surface area contributed by atoms with E-state index in [1.807, 2.05) is 80.1 Å². The van der Waals surface area contributed by atoms with E-state index in [0.29, 0.717) is 23.2 Å². The fourth-order valence-corrected chi connectivity index (χ4v) is 4.93. The number of halogens is 1. The van der Waals surface area contributed by atoms with E-state index < -0.39 is 0 Å². The van der Waals surface area contributed by atoms with Crippen molar-refractivity contribution in [2.24, 2.45) is 0 Å². The lowest BCUT2D eigenvalue weighted by atomic mass is 10.2. The summed E-state index contributed by atoms with van der Waals surface area (Å²) in [6.45, 7) is 7.02. The Bertz CT molecular complexity index is 1260. The van der Waals surface area contributed by atoms with Crippen LogP contribution in [-0.2, 0) is 11.3 Å². The van der Waals surface area contributed by atoms with Crippen LogP contribution in [0.1, 0.15) is 22.5 Å². The topological polar surface area (TPSA) is 51.0 Å². The van der Waals surface area contributed by atoms with Crippen molar-refractivity contribution >= 4 is 50.3 Å². The van der Waals surface area contributed by atoms with E-state index in [1.165, 1.54) is 11.3 Å². The summed E-state index contributed by atoms with van der Waals surface area (Å²) in [6.07, 6.45) is 3.43. The Labute approximate surface area is 190 Å². The maximum atomic E-state index is 13.2. The van der Waals surface area contributed by atoms with Crippen molar-refractivity contribution in [2.45, 2.75) is 27.3 Å². The predicted octanol–water partition coefficient (Wildman–Crippen LogP) is 5.82. The quantitative estimate of drug-likeness (QED) is 0.348. The summed E-state index contributed by atoms with van der Waals surface area (Å²) in [4.78, 5) is 19.7. The van der Waals surface area contributed by atoms with E-state index in [9.17, 15) is 4.79 Å². The molecule has 2 heterocycles. The molecule has 0 unspecified atom stereocenters. The molecule has 2 aromatic heterocycles. The number of hydrogen-bond acceptors (Lipinski definition) is 4. The number of benzene rings is 2. The highest BCUT2D eigenvalue weighted by Crippen LogP contribution is 2.33. The molecule has 0 saturated carbocycles. The van der Waals surface area contributed by atoms with Crippen LogP contribution in [0.5, 0.6) is 0 Å². The number of aromatic nitrogens is 3. The lowest BCUT2D eigenvalue weighted by Crippen LogP contribution is -2.33. The second-order valence-corrected chi connectivity index (χ2v) is 8.90. The average Bonchev–Trinajstić information content (AvgIpc) is 3.30. The van der Waals surface area contributed by atoms with Crippen LogP contribution >= 0.6 is 22.9 Å². The van der Waals surface area contributed by atoms with Crippen LogP contribution in [0.2, 0.25) is 5.02 Å². The van der Waals surface area contributed by atoms with E-state index in [-0.39, 0.29) is 5.91 Å². The molecule has 0 aliphatic heterocycles. The smallest absolute Gasteiger partial charge is 0.252 e. The molecule has 0 radical (unpaired) electrons. The first kappa shape index (κ1) is 21.3. The van der Waals surface area contributed by atoms with Gasteiger partial charge in [0.1, 0.15) is 0 Å². The molecule has 0 fully saturated rings. The summed E-state index contributed by atoms with van der Waals surface area (Å²) < 4.78 is 2.89. The minimum atomic E-state index is -0.117. The lowest BCUT2D eigenvalue weighted by molar-refractivity contribution is -0.114. The van der Waals surface area contributed by atoms with Crippen molar-refractivity contribution < 1.29 is 4.79 Å². The van der Waals surface area contributed by atoms with Gasteiger partial charge in [0.2, 0.25) is 0 Å². The third-order valence-electron chi connectivity index (χ3n) is 4.99. The Hall–Kier alpha value is -2.96. The zero-order valence-corrected chi connectivity index (χ0v) is 19.2. The zero-order valence-electron chi connectivity index (χ0n) is 17.7. The van der Waals surface area contributed by atoms with E-state index in [0.717, 1.165) is 32.7 Å². The van der Waals surface area contributed by atoms with Crippen molar-refractivity contribution in [1.29, 1.82) is 0 Å². The molecule has 0 spiro atoms.